The second kappa shape index (κ2) is 10.0. The smallest absolute Gasteiger partial charge is 0.0543 e. The van der Waals surface area contributed by atoms with Gasteiger partial charge in [0.25, 0.3) is 0 Å². The van der Waals surface area contributed by atoms with Gasteiger partial charge in [-0.25, -0.2) is 0 Å². The first-order valence-corrected chi connectivity index (χ1v) is 15.4. The van der Waals surface area contributed by atoms with Gasteiger partial charge in [0.2, 0.25) is 0 Å². The molecule has 1 nitrogen and oxygen atoms in total. The zero-order chi connectivity index (χ0) is 25.6. The third-order valence-corrected chi connectivity index (χ3v) is 12.1. The van der Waals surface area contributed by atoms with Crippen LogP contribution in [0.2, 0.25) is 0 Å². The summed E-state index contributed by atoms with van der Waals surface area (Å²) in [5.41, 5.74) is 5.55. The summed E-state index contributed by atoms with van der Waals surface area (Å²) in [6, 6.07) is 22.4. The van der Waals surface area contributed by atoms with E-state index in [1.54, 1.807) is 0 Å². The molecule has 2 aromatic rings. The summed E-state index contributed by atoms with van der Waals surface area (Å²) < 4.78 is 0. The Hall–Kier alpha value is -1.86. The van der Waals surface area contributed by atoms with Gasteiger partial charge in [0.1, 0.15) is 0 Å². The zero-order valence-electron chi connectivity index (χ0n) is 23.4. The molecule has 0 heterocycles. The first-order valence-electron chi connectivity index (χ1n) is 15.4. The first-order chi connectivity index (χ1) is 17.9. The Kier molecular flexibility index (Phi) is 6.89. The first kappa shape index (κ1) is 25.4. The molecule has 4 aliphatic carbocycles. The van der Waals surface area contributed by atoms with Crippen molar-refractivity contribution in [3.05, 3.63) is 83.4 Å². The fraction of sp³-hybridized carbons (Fsp3) is 0.611. The number of aliphatic hydroxyl groups excluding tert-OH is 1. The van der Waals surface area contributed by atoms with Crippen LogP contribution < -0.4 is 0 Å². The molecule has 0 spiro atoms. The molecule has 0 saturated heterocycles. The van der Waals surface area contributed by atoms with Crippen LogP contribution in [0.15, 0.2) is 72.3 Å². The van der Waals surface area contributed by atoms with Gasteiger partial charge in [-0.3, -0.25) is 0 Å². The molecule has 0 radical (unpaired) electrons. The molecule has 4 aliphatic rings. The lowest BCUT2D eigenvalue weighted by molar-refractivity contribution is -0.0158. The van der Waals surface area contributed by atoms with Crippen LogP contribution >= 0.6 is 0 Å². The minimum atomic E-state index is -0.0589. The fourth-order valence-corrected chi connectivity index (χ4v) is 10.0. The van der Waals surface area contributed by atoms with Crippen LogP contribution in [0.25, 0.3) is 0 Å². The third kappa shape index (κ3) is 4.44. The minimum absolute atomic E-state index is 0.0589. The van der Waals surface area contributed by atoms with Crippen LogP contribution in [0.1, 0.15) is 102 Å². The van der Waals surface area contributed by atoms with Crippen LogP contribution in [-0.4, -0.2) is 11.2 Å². The Labute approximate surface area is 225 Å². The number of benzene rings is 2. The molecule has 1 heteroatoms. The van der Waals surface area contributed by atoms with E-state index < -0.39 is 0 Å². The Morgan fingerprint density at radius 2 is 1.51 bits per heavy atom. The number of hydrogen-bond donors (Lipinski definition) is 1. The van der Waals surface area contributed by atoms with Crippen molar-refractivity contribution in [2.45, 2.75) is 97.0 Å². The van der Waals surface area contributed by atoms with Crippen molar-refractivity contribution >= 4 is 0 Å². The highest BCUT2D eigenvalue weighted by atomic mass is 16.3. The van der Waals surface area contributed by atoms with Crippen molar-refractivity contribution in [2.75, 3.05) is 0 Å². The van der Waals surface area contributed by atoms with Crippen LogP contribution in [0, 0.1) is 40.4 Å². The maximum atomic E-state index is 10.4. The summed E-state index contributed by atoms with van der Waals surface area (Å²) >= 11 is 0. The van der Waals surface area contributed by atoms with Gasteiger partial charge in [0.05, 0.1) is 6.10 Å². The fourth-order valence-electron chi connectivity index (χ4n) is 10.0. The molecule has 0 aromatic heterocycles. The molecule has 8 unspecified atom stereocenters. The summed E-state index contributed by atoms with van der Waals surface area (Å²) in [5.74, 6) is 4.45. The molecule has 3 fully saturated rings. The maximum absolute atomic E-state index is 10.4. The topological polar surface area (TPSA) is 20.2 Å². The molecule has 6 rings (SSSR count). The molecule has 3 saturated carbocycles. The number of allylic oxidation sites excluding steroid dienone is 2. The van der Waals surface area contributed by atoms with E-state index in [0.29, 0.717) is 22.7 Å². The highest BCUT2D eigenvalue weighted by molar-refractivity contribution is 5.32. The number of aliphatic hydroxyl groups is 1. The molecule has 198 valence electrons. The number of rotatable bonds is 6. The minimum Gasteiger partial charge on any atom is -0.393 e. The Morgan fingerprint density at radius 1 is 0.838 bits per heavy atom. The van der Waals surface area contributed by atoms with Crippen LogP contribution in [-0.2, 0) is 0 Å². The molecule has 0 bridgehead atoms. The molecule has 37 heavy (non-hydrogen) atoms. The molecule has 0 aliphatic heterocycles. The van der Waals surface area contributed by atoms with Crippen LogP contribution in [0.3, 0.4) is 0 Å². The Morgan fingerprint density at radius 3 is 2.19 bits per heavy atom. The molecule has 1 N–H and O–H groups in total. The van der Waals surface area contributed by atoms with E-state index in [4.69, 9.17) is 0 Å². The summed E-state index contributed by atoms with van der Waals surface area (Å²) in [6.07, 6.45) is 15.3. The van der Waals surface area contributed by atoms with Gasteiger partial charge >= 0.3 is 0 Å². The van der Waals surface area contributed by atoms with Gasteiger partial charge in [-0.15, -0.1) is 0 Å². The van der Waals surface area contributed by atoms with E-state index in [1.807, 2.05) is 5.57 Å². The average molecular weight is 497 g/mol. The third-order valence-electron chi connectivity index (χ3n) is 12.1. The van der Waals surface area contributed by atoms with Crippen molar-refractivity contribution in [3.63, 3.8) is 0 Å². The largest absolute Gasteiger partial charge is 0.393 e. The van der Waals surface area contributed by atoms with Gasteiger partial charge in [0.15, 0.2) is 0 Å². The summed E-state index contributed by atoms with van der Waals surface area (Å²) in [7, 11) is 0. The van der Waals surface area contributed by atoms with Crippen molar-refractivity contribution in [3.8, 4) is 0 Å². The lowest BCUT2D eigenvalue weighted by atomic mass is 9.48. The van der Waals surface area contributed by atoms with Gasteiger partial charge in [-0.2, -0.15) is 0 Å². The Bertz CT molecular complexity index is 1050. The van der Waals surface area contributed by atoms with E-state index in [-0.39, 0.29) is 6.10 Å². The Balaban J connectivity index is 1.19. The van der Waals surface area contributed by atoms with E-state index in [9.17, 15) is 5.11 Å². The average Bonchev–Trinajstić information content (AvgIpc) is 3.28. The quantitative estimate of drug-likeness (QED) is 0.395. The van der Waals surface area contributed by atoms with E-state index in [0.717, 1.165) is 36.5 Å². The summed E-state index contributed by atoms with van der Waals surface area (Å²) in [4.78, 5) is 0. The second-order valence-electron chi connectivity index (χ2n) is 13.8. The van der Waals surface area contributed by atoms with Crippen molar-refractivity contribution < 1.29 is 5.11 Å². The highest BCUT2D eigenvalue weighted by Crippen LogP contribution is 2.66. The summed E-state index contributed by atoms with van der Waals surface area (Å²) in [6.45, 7) is 7.81. The second-order valence-corrected chi connectivity index (χ2v) is 13.8. The van der Waals surface area contributed by atoms with Crippen LogP contribution in [0.4, 0.5) is 0 Å². The maximum Gasteiger partial charge on any atom is 0.0543 e. The lowest BCUT2D eigenvalue weighted by Crippen LogP contribution is -2.48. The normalized spacial score (nSPS) is 37.9. The van der Waals surface area contributed by atoms with E-state index in [1.165, 1.54) is 62.5 Å². The van der Waals surface area contributed by atoms with Gasteiger partial charge in [0, 0.05) is 5.92 Å². The van der Waals surface area contributed by atoms with E-state index in [2.05, 4.69) is 87.5 Å². The van der Waals surface area contributed by atoms with Crippen LogP contribution in [0.5, 0.6) is 0 Å². The standard InChI is InChI=1S/C36H48O/c1-25(14-16-30(26-10-6-4-7-11-26)27-12-8-5-9-13-27)32-18-19-33-31-17-15-28-24-29(37)20-22-35(28,2)34(31)21-23-36(32,33)3/h4-13,21,25,28-33,37H,14-20,22-24H2,1-3H3. The van der Waals surface area contributed by atoms with Crippen molar-refractivity contribution in [1.29, 1.82) is 0 Å². The van der Waals surface area contributed by atoms with Gasteiger partial charge in [-0.05, 0) is 116 Å². The monoisotopic (exact) mass is 496 g/mol. The molecule has 0 amide bonds. The zero-order valence-corrected chi connectivity index (χ0v) is 23.4. The SMILES string of the molecule is CC(CCC(c1ccccc1)c1ccccc1)C1CCC2C3CCC4CC(O)CCC4(C)C3=CCC12C. The molecule has 2 aromatic carbocycles. The van der Waals surface area contributed by atoms with Gasteiger partial charge in [-0.1, -0.05) is 93.1 Å². The highest BCUT2D eigenvalue weighted by Gasteiger charge is 2.57. The van der Waals surface area contributed by atoms with Gasteiger partial charge < -0.3 is 5.11 Å². The predicted molar refractivity (Wildman–Crippen MR) is 154 cm³/mol. The van der Waals surface area contributed by atoms with Crippen molar-refractivity contribution in [1.82, 2.24) is 0 Å². The molecular formula is C36H48O. The van der Waals surface area contributed by atoms with E-state index >= 15 is 0 Å². The lowest BCUT2D eigenvalue weighted by Gasteiger charge is -2.57. The number of fused-ring (bicyclic) bond motifs is 5. The predicted octanol–water partition coefficient (Wildman–Crippen LogP) is 9.17. The van der Waals surface area contributed by atoms with Crippen molar-refractivity contribution in [2.24, 2.45) is 40.4 Å². The number of hydrogen-bond acceptors (Lipinski definition) is 1. The molecular weight excluding hydrogens is 448 g/mol. The summed E-state index contributed by atoms with van der Waals surface area (Å²) in [5, 5.41) is 10.4. The molecule has 8 atom stereocenters.